The number of carbonyl (C=O) groups is 8. The van der Waals surface area contributed by atoms with Crippen LogP contribution in [0.1, 0.15) is 77.3 Å². The van der Waals surface area contributed by atoms with E-state index in [0.29, 0.717) is 44.7 Å². The van der Waals surface area contributed by atoms with Crippen molar-refractivity contribution in [3.05, 3.63) is 18.2 Å². The lowest BCUT2D eigenvalue weighted by molar-refractivity contribution is -0.144. The van der Waals surface area contributed by atoms with Crippen LogP contribution in [0.15, 0.2) is 17.5 Å². The van der Waals surface area contributed by atoms with E-state index in [1.54, 1.807) is 6.20 Å². The van der Waals surface area contributed by atoms with E-state index in [1.807, 2.05) is 13.8 Å². The molecular formula is C36H73N13O16S. The van der Waals surface area contributed by atoms with Gasteiger partial charge in [0.2, 0.25) is 0 Å². The number of hydrogen-bond donors (Lipinski definition) is 20. The Morgan fingerprint density at radius 1 is 0.712 bits per heavy atom. The first-order valence-electron chi connectivity index (χ1n) is 19.9. The average molecular weight is 976 g/mol. The number of aliphatic imine (C=N–C) groups is 1. The maximum atomic E-state index is 10.3. The number of aromatic amines is 1. The molecule has 0 unspecified atom stereocenters. The molecule has 28 N–H and O–H groups in total. The van der Waals surface area contributed by atoms with Crippen LogP contribution in [0.3, 0.4) is 0 Å². The normalized spacial score (nSPS) is 14.7. The molecule has 0 saturated carbocycles. The zero-order valence-corrected chi connectivity index (χ0v) is 37.9. The van der Waals surface area contributed by atoms with Crippen molar-refractivity contribution in [2.24, 2.45) is 62.5 Å². The van der Waals surface area contributed by atoms with Crippen molar-refractivity contribution in [1.82, 2.24) is 15.3 Å². The van der Waals surface area contributed by atoms with Crippen molar-refractivity contribution in [3.8, 4) is 0 Å². The number of hydrogen-bond acceptors (Lipinski definition) is 19. The Morgan fingerprint density at radius 3 is 1.44 bits per heavy atom. The molecule has 0 radical (unpaired) electrons. The van der Waals surface area contributed by atoms with E-state index >= 15 is 0 Å². The van der Waals surface area contributed by atoms with Crippen molar-refractivity contribution >= 4 is 66.3 Å². The third-order valence-corrected chi connectivity index (χ3v) is 7.90. The van der Waals surface area contributed by atoms with Gasteiger partial charge in [0, 0.05) is 30.6 Å². The van der Waals surface area contributed by atoms with Crippen LogP contribution < -0.4 is 56.9 Å². The van der Waals surface area contributed by atoms with Gasteiger partial charge in [0.25, 0.3) is 0 Å². The summed E-state index contributed by atoms with van der Waals surface area (Å²) in [5, 5.41) is 68.7. The number of unbranched alkanes of at least 4 members (excludes halogenated alkanes) is 1. The number of aromatic nitrogens is 2. The Balaban J connectivity index is -0.000000221. The second-order valence-electron chi connectivity index (χ2n) is 14.1. The predicted molar refractivity (Wildman–Crippen MR) is 243 cm³/mol. The summed E-state index contributed by atoms with van der Waals surface area (Å²) >= 11 is 3.65. The van der Waals surface area contributed by atoms with E-state index < -0.39 is 90.4 Å². The molecule has 66 heavy (non-hydrogen) atoms. The molecule has 7 atom stereocenters. The van der Waals surface area contributed by atoms with Crippen LogP contribution in [0.25, 0.3) is 0 Å². The Kier molecular flexibility index (Phi) is 45.3. The van der Waals surface area contributed by atoms with Crippen molar-refractivity contribution in [3.63, 3.8) is 0 Å². The maximum Gasteiger partial charge on any atom is 0.321 e. The highest BCUT2D eigenvalue weighted by molar-refractivity contribution is 7.80. The number of rotatable bonds is 22. The lowest BCUT2D eigenvalue weighted by Crippen LogP contribution is -2.32. The molecule has 1 aliphatic heterocycles. The summed E-state index contributed by atoms with van der Waals surface area (Å²) in [4.78, 5) is 90.4. The van der Waals surface area contributed by atoms with Crippen molar-refractivity contribution < 1.29 is 79.2 Å². The molecule has 2 heterocycles. The van der Waals surface area contributed by atoms with Crippen LogP contribution in [-0.4, -0.2) is 172 Å². The number of H-pyrrole nitrogens is 1. The molecule has 30 heteroatoms. The molecular weight excluding hydrogens is 903 g/mol. The lowest BCUT2D eigenvalue weighted by atomic mass is 10.1. The standard InChI is InChI=1S/C6H14N4O2.C6H9N3O2.C6H14N2O2.C6H13NO2.C5H9NO2.C4H7NO4.C3H7NO2S/c7-4(5(11)12)2-1-3-10-6(8)9;7-5(6(10)11)1-4-2-8-3-9-4;7-4-2-1-3-5(8)6(9)10;1-4(2)3-5(7)6(8)9;7-5(8)4-2-1-3-6-4;5-2(4(8)9)1-3(6)7;4-2(1-7)3(5)6/h4H,1-3,7H2,(H,11,12)(H4,8,9,10);2-3,5H,1,7H2,(H,8,9)(H,10,11);5H,1-4,7-8H2,(H,9,10);4-5H,3,7H2,1-2H3,(H,8,9);4,6H,1-3H2,(H,7,8);2H,1,5H2,(H,6,7)(H,8,9);2,7H,1,4H2,(H,5,6)/t4-;3*5-;4-;2*2-/m0000000/s1. The molecule has 1 aliphatic rings. The Morgan fingerprint density at radius 2 is 1.18 bits per heavy atom. The van der Waals surface area contributed by atoms with Gasteiger partial charge in [0.1, 0.15) is 42.3 Å². The topological polar surface area (TPSA) is 586 Å². The molecule has 0 amide bonds. The fraction of sp³-hybridized carbons (Fsp3) is 0.667. The Bertz CT molecular complexity index is 1540. The molecule has 1 saturated heterocycles. The second-order valence-corrected chi connectivity index (χ2v) is 14.4. The summed E-state index contributed by atoms with van der Waals surface area (Å²) < 4.78 is 0. The largest absolute Gasteiger partial charge is 0.481 e. The van der Waals surface area contributed by atoms with E-state index in [9.17, 15) is 38.4 Å². The van der Waals surface area contributed by atoms with Gasteiger partial charge < -0.3 is 103 Å². The highest BCUT2D eigenvalue weighted by Gasteiger charge is 2.20. The maximum absolute atomic E-state index is 10.3. The van der Waals surface area contributed by atoms with Crippen LogP contribution in [0, 0.1) is 5.92 Å². The Hall–Kier alpha value is -5.73. The van der Waals surface area contributed by atoms with Crippen molar-refractivity contribution in [2.45, 2.75) is 120 Å². The van der Waals surface area contributed by atoms with Gasteiger partial charge in [-0.3, -0.25) is 43.3 Å². The zero-order valence-electron chi connectivity index (χ0n) is 37.1. The van der Waals surface area contributed by atoms with Gasteiger partial charge in [-0.25, -0.2) is 4.98 Å². The van der Waals surface area contributed by atoms with Crippen LogP contribution in [0.5, 0.6) is 0 Å². The van der Waals surface area contributed by atoms with Gasteiger partial charge in [-0.1, -0.05) is 20.3 Å². The smallest absolute Gasteiger partial charge is 0.321 e. The highest BCUT2D eigenvalue weighted by Crippen LogP contribution is 2.04. The first kappa shape index (κ1) is 69.3. The highest BCUT2D eigenvalue weighted by atomic mass is 32.1. The first-order valence-corrected chi connectivity index (χ1v) is 20.5. The summed E-state index contributed by atoms with van der Waals surface area (Å²) in [6.45, 7) is 5.78. The molecule has 29 nitrogen and oxygen atoms in total. The average Bonchev–Trinajstić information content (AvgIpc) is 3.96. The summed E-state index contributed by atoms with van der Waals surface area (Å²) in [5.74, 6) is -7.51. The van der Waals surface area contributed by atoms with Gasteiger partial charge in [-0.05, 0) is 64.0 Å². The fourth-order valence-electron chi connectivity index (χ4n) is 3.85. The van der Waals surface area contributed by atoms with Crippen molar-refractivity contribution in [2.75, 3.05) is 25.4 Å². The van der Waals surface area contributed by atoms with Gasteiger partial charge in [0.05, 0.1) is 12.7 Å². The quantitative estimate of drug-likeness (QED) is 0.0227. The van der Waals surface area contributed by atoms with Crippen LogP contribution in [0.4, 0.5) is 0 Å². The van der Waals surface area contributed by atoms with Crippen LogP contribution >= 0.6 is 12.6 Å². The summed E-state index contributed by atoms with van der Waals surface area (Å²) in [5.41, 5.74) is 46.7. The zero-order chi connectivity index (χ0) is 52.5. The molecule has 0 aliphatic carbocycles. The van der Waals surface area contributed by atoms with Crippen molar-refractivity contribution in [1.29, 1.82) is 0 Å². The van der Waals surface area contributed by atoms with Crippen LogP contribution in [0.2, 0.25) is 0 Å². The molecule has 1 aromatic heterocycles. The first-order chi connectivity index (χ1) is 30.5. The number of carboxylic acids is 8. The number of guanidine groups is 1. The van der Waals surface area contributed by atoms with E-state index in [-0.39, 0.29) is 24.2 Å². The van der Waals surface area contributed by atoms with Crippen LogP contribution in [-0.2, 0) is 44.8 Å². The number of aliphatic carboxylic acids is 8. The fourth-order valence-corrected chi connectivity index (χ4v) is 4.01. The minimum Gasteiger partial charge on any atom is -0.481 e. The molecule has 0 bridgehead atoms. The molecule has 1 aromatic rings. The summed E-state index contributed by atoms with van der Waals surface area (Å²) in [6.07, 6.45) is 8.26. The van der Waals surface area contributed by atoms with E-state index in [1.165, 1.54) is 6.33 Å². The van der Waals surface area contributed by atoms with Gasteiger partial charge in [-0.15, -0.1) is 0 Å². The molecule has 2 rings (SSSR count). The third-order valence-electron chi connectivity index (χ3n) is 7.51. The lowest BCUT2D eigenvalue weighted by Gasteiger charge is -2.07. The van der Waals surface area contributed by atoms with Gasteiger partial charge >= 0.3 is 47.8 Å². The minimum absolute atomic E-state index is 0.0129. The SMILES string of the molecule is CC(C)C[C@H](N)C(=O)O.NC(N)=NCCC[C@H](N)C(=O)O.NCCCC[C@H](N)C(=O)O.N[C@@H](CC(=O)O)C(=O)O.N[C@@H](CS)C(=O)O.N[C@@H](Cc1cnc[nH]1)C(=O)O.O=C(O)[C@@H]1CCCN1. The molecule has 384 valence electrons. The second kappa shape index (κ2) is 43.2. The number of carboxylic acid groups (broad SMARTS) is 8. The number of nitrogens with two attached hydrogens (primary N) is 9. The predicted octanol–water partition coefficient (Wildman–Crippen LogP) is -4.19. The van der Waals surface area contributed by atoms with E-state index in [0.717, 1.165) is 37.9 Å². The molecule has 0 aromatic carbocycles. The number of imidazole rings is 1. The number of nitrogens with one attached hydrogen (secondary N) is 2. The monoisotopic (exact) mass is 976 g/mol. The van der Waals surface area contributed by atoms with E-state index in [2.05, 4.69) is 32.9 Å². The number of thiol groups is 1. The number of nitrogens with zero attached hydrogens (tertiary/aromatic N) is 2. The van der Waals surface area contributed by atoms with Gasteiger partial charge in [0.15, 0.2) is 5.96 Å². The summed E-state index contributed by atoms with van der Waals surface area (Å²) in [7, 11) is 0. The molecule has 0 spiro atoms. The van der Waals surface area contributed by atoms with E-state index in [4.69, 9.17) is 92.5 Å². The third kappa shape index (κ3) is 49.3. The molecule has 1 fully saturated rings. The van der Waals surface area contributed by atoms with Gasteiger partial charge in [-0.2, -0.15) is 12.6 Å². The minimum atomic E-state index is -1.29. The summed E-state index contributed by atoms with van der Waals surface area (Å²) in [6, 6.07) is -5.45. The Labute approximate surface area is 386 Å².